The summed E-state index contributed by atoms with van der Waals surface area (Å²) in [5.41, 5.74) is 8.18. The Kier molecular flexibility index (Phi) is 2.93. The lowest BCUT2D eigenvalue weighted by Crippen LogP contribution is -1.96. The molecule has 0 spiro atoms. The lowest BCUT2D eigenvalue weighted by Gasteiger charge is -2.09. The van der Waals surface area contributed by atoms with Gasteiger partial charge in [-0.2, -0.15) is 5.26 Å². The molecule has 0 aliphatic heterocycles. The Hall–Kier alpha value is -2.54. The van der Waals surface area contributed by atoms with Crippen molar-refractivity contribution < 1.29 is 4.39 Å². The van der Waals surface area contributed by atoms with Crippen LogP contribution in [0.3, 0.4) is 0 Å². The van der Waals surface area contributed by atoms with E-state index in [0.29, 0.717) is 22.6 Å². The third-order valence-electron chi connectivity index (χ3n) is 2.31. The van der Waals surface area contributed by atoms with Gasteiger partial charge >= 0.3 is 0 Å². The molecule has 0 bridgehead atoms. The monoisotopic (exact) mass is 227 g/mol. The fourth-order valence-corrected chi connectivity index (χ4v) is 1.42. The molecule has 17 heavy (non-hydrogen) atoms. The molecule has 2 aromatic rings. The summed E-state index contributed by atoms with van der Waals surface area (Å²) in [5.74, 6) is -0.297. The molecule has 0 fully saturated rings. The van der Waals surface area contributed by atoms with Crippen LogP contribution in [0.15, 0.2) is 42.5 Å². The van der Waals surface area contributed by atoms with Crippen molar-refractivity contribution >= 4 is 17.1 Å². The molecular formula is C13H10FN3. The quantitative estimate of drug-likeness (QED) is 0.775. The van der Waals surface area contributed by atoms with Crippen LogP contribution in [-0.2, 0) is 0 Å². The first-order valence-corrected chi connectivity index (χ1v) is 5.01. The van der Waals surface area contributed by atoms with Gasteiger partial charge < -0.3 is 11.1 Å². The van der Waals surface area contributed by atoms with Gasteiger partial charge in [-0.05, 0) is 42.5 Å². The van der Waals surface area contributed by atoms with Crippen molar-refractivity contribution in [1.29, 1.82) is 5.26 Å². The SMILES string of the molecule is N#Cc1ccc(N)c(Nc2ccc(F)cc2)c1. The minimum Gasteiger partial charge on any atom is -0.397 e. The Morgan fingerprint density at radius 2 is 1.82 bits per heavy atom. The zero-order valence-electron chi connectivity index (χ0n) is 8.94. The number of nitrogens with zero attached hydrogens (tertiary/aromatic N) is 1. The standard InChI is InChI=1S/C13H10FN3/c14-10-2-4-11(5-3-10)17-13-7-9(8-15)1-6-12(13)16/h1-7,17H,16H2. The molecule has 0 saturated carbocycles. The molecule has 3 N–H and O–H groups in total. The summed E-state index contributed by atoms with van der Waals surface area (Å²) in [6.45, 7) is 0. The summed E-state index contributed by atoms with van der Waals surface area (Å²) in [7, 11) is 0. The van der Waals surface area contributed by atoms with Gasteiger partial charge in [0.15, 0.2) is 0 Å². The minimum atomic E-state index is -0.297. The van der Waals surface area contributed by atoms with Gasteiger partial charge in [0.1, 0.15) is 5.82 Å². The van der Waals surface area contributed by atoms with Crippen LogP contribution < -0.4 is 11.1 Å². The van der Waals surface area contributed by atoms with Crippen LogP contribution in [0.25, 0.3) is 0 Å². The van der Waals surface area contributed by atoms with Gasteiger partial charge in [0, 0.05) is 5.69 Å². The Morgan fingerprint density at radius 1 is 1.12 bits per heavy atom. The molecule has 0 saturated heterocycles. The number of benzene rings is 2. The van der Waals surface area contributed by atoms with Gasteiger partial charge in [0.05, 0.1) is 23.0 Å². The van der Waals surface area contributed by atoms with E-state index in [1.54, 1.807) is 30.3 Å². The fraction of sp³-hybridized carbons (Fsp3) is 0. The summed E-state index contributed by atoms with van der Waals surface area (Å²) in [6, 6.07) is 12.9. The second-order valence-corrected chi connectivity index (χ2v) is 3.55. The van der Waals surface area contributed by atoms with Gasteiger partial charge in [-0.3, -0.25) is 0 Å². The van der Waals surface area contributed by atoms with Crippen LogP contribution in [0, 0.1) is 17.1 Å². The first-order chi connectivity index (χ1) is 8.19. The number of rotatable bonds is 2. The lowest BCUT2D eigenvalue weighted by atomic mass is 10.2. The number of nitriles is 1. The summed E-state index contributed by atoms with van der Waals surface area (Å²) in [6.07, 6.45) is 0. The number of halogens is 1. The van der Waals surface area contributed by atoms with Gasteiger partial charge in [0.2, 0.25) is 0 Å². The molecule has 0 radical (unpaired) electrons. The predicted molar refractivity (Wildman–Crippen MR) is 65.3 cm³/mol. The van der Waals surface area contributed by atoms with E-state index in [4.69, 9.17) is 11.0 Å². The average molecular weight is 227 g/mol. The summed E-state index contributed by atoms with van der Waals surface area (Å²) in [4.78, 5) is 0. The van der Waals surface area contributed by atoms with Crippen molar-refractivity contribution in [2.45, 2.75) is 0 Å². The highest BCUT2D eigenvalue weighted by Gasteiger charge is 2.01. The van der Waals surface area contributed by atoms with Crippen LogP contribution in [0.4, 0.5) is 21.5 Å². The number of nitrogens with one attached hydrogen (secondary N) is 1. The maximum Gasteiger partial charge on any atom is 0.123 e. The van der Waals surface area contributed by atoms with E-state index in [2.05, 4.69) is 5.32 Å². The van der Waals surface area contributed by atoms with Gasteiger partial charge in [-0.15, -0.1) is 0 Å². The largest absolute Gasteiger partial charge is 0.397 e. The van der Waals surface area contributed by atoms with Crippen LogP contribution >= 0.6 is 0 Å². The topological polar surface area (TPSA) is 61.8 Å². The minimum absolute atomic E-state index is 0.297. The van der Waals surface area contributed by atoms with Gasteiger partial charge in [-0.25, -0.2) is 4.39 Å². The van der Waals surface area contributed by atoms with Crippen molar-refractivity contribution in [1.82, 2.24) is 0 Å². The van der Waals surface area contributed by atoms with Crippen LogP contribution in [0.5, 0.6) is 0 Å². The molecule has 84 valence electrons. The van der Waals surface area contributed by atoms with Crippen molar-refractivity contribution in [2.75, 3.05) is 11.1 Å². The Morgan fingerprint density at radius 3 is 2.47 bits per heavy atom. The Bertz CT molecular complexity index is 570. The summed E-state index contributed by atoms with van der Waals surface area (Å²) in [5, 5.41) is 11.8. The van der Waals surface area contributed by atoms with E-state index in [0.717, 1.165) is 0 Å². The molecule has 0 heterocycles. The van der Waals surface area contributed by atoms with E-state index < -0.39 is 0 Å². The van der Waals surface area contributed by atoms with E-state index in [1.807, 2.05) is 6.07 Å². The summed E-state index contributed by atoms with van der Waals surface area (Å²) < 4.78 is 12.7. The summed E-state index contributed by atoms with van der Waals surface area (Å²) >= 11 is 0. The highest BCUT2D eigenvalue weighted by molar-refractivity contribution is 5.73. The van der Waals surface area contributed by atoms with Crippen molar-refractivity contribution in [3.05, 3.63) is 53.8 Å². The van der Waals surface area contributed by atoms with E-state index >= 15 is 0 Å². The van der Waals surface area contributed by atoms with Crippen molar-refractivity contribution in [3.8, 4) is 6.07 Å². The molecule has 0 aliphatic rings. The van der Waals surface area contributed by atoms with E-state index in [1.165, 1.54) is 12.1 Å². The highest BCUT2D eigenvalue weighted by atomic mass is 19.1. The molecule has 0 amide bonds. The first kappa shape index (κ1) is 11.0. The molecule has 3 nitrogen and oxygen atoms in total. The number of nitrogens with two attached hydrogens (primary N) is 1. The molecule has 0 aliphatic carbocycles. The third-order valence-corrected chi connectivity index (χ3v) is 2.31. The fourth-order valence-electron chi connectivity index (χ4n) is 1.42. The molecule has 0 atom stereocenters. The smallest absolute Gasteiger partial charge is 0.123 e. The Balaban J connectivity index is 2.29. The molecule has 2 rings (SSSR count). The number of hydrogen-bond acceptors (Lipinski definition) is 3. The van der Waals surface area contributed by atoms with Crippen molar-refractivity contribution in [3.63, 3.8) is 0 Å². The van der Waals surface area contributed by atoms with Crippen molar-refractivity contribution in [2.24, 2.45) is 0 Å². The van der Waals surface area contributed by atoms with E-state index in [-0.39, 0.29) is 5.82 Å². The second kappa shape index (κ2) is 4.54. The third kappa shape index (κ3) is 2.52. The maximum absolute atomic E-state index is 12.7. The highest BCUT2D eigenvalue weighted by Crippen LogP contribution is 2.24. The maximum atomic E-state index is 12.7. The second-order valence-electron chi connectivity index (χ2n) is 3.55. The first-order valence-electron chi connectivity index (χ1n) is 5.01. The number of anilines is 3. The molecular weight excluding hydrogens is 217 g/mol. The van der Waals surface area contributed by atoms with Crippen LogP contribution in [-0.4, -0.2) is 0 Å². The Labute approximate surface area is 98.3 Å². The normalized spacial score (nSPS) is 9.65. The molecule has 0 aromatic heterocycles. The number of nitrogen functional groups attached to an aromatic ring is 1. The van der Waals surface area contributed by atoms with Crippen LogP contribution in [0.1, 0.15) is 5.56 Å². The van der Waals surface area contributed by atoms with Crippen LogP contribution in [0.2, 0.25) is 0 Å². The zero-order valence-corrected chi connectivity index (χ0v) is 8.94. The molecule has 2 aromatic carbocycles. The molecule has 0 unspecified atom stereocenters. The lowest BCUT2D eigenvalue weighted by molar-refractivity contribution is 0.628. The predicted octanol–water partition coefficient (Wildman–Crippen LogP) is 3.02. The zero-order chi connectivity index (χ0) is 12.3. The van der Waals surface area contributed by atoms with Gasteiger partial charge in [-0.1, -0.05) is 0 Å². The van der Waals surface area contributed by atoms with E-state index in [9.17, 15) is 4.39 Å². The van der Waals surface area contributed by atoms with Gasteiger partial charge in [0.25, 0.3) is 0 Å². The number of hydrogen-bond donors (Lipinski definition) is 2. The average Bonchev–Trinajstić information content (AvgIpc) is 2.35. The molecule has 4 heteroatoms.